The largest absolute Gasteiger partial charge is 0.454 e. The third kappa shape index (κ3) is 4.06. The second-order valence-electron chi connectivity index (χ2n) is 5.00. The van der Waals surface area contributed by atoms with Crippen molar-refractivity contribution >= 4 is 23.6 Å². The van der Waals surface area contributed by atoms with E-state index in [4.69, 9.17) is 25.8 Å². The second-order valence-corrected chi connectivity index (χ2v) is 5.41. The minimum atomic E-state index is -4.50. The maximum Gasteiger partial charge on any atom is 0.416 e. The van der Waals surface area contributed by atoms with E-state index >= 15 is 0 Å². The number of hydrogen-bond donors (Lipinski definition) is 0. The van der Waals surface area contributed by atoms with Crippen molar-refractivity contribution in [3.8, 4) is 17.2 Å². The van der Waals surface area contributed by atoms with E-state index in [9.17, 15) is 18.0 Å². The van der Waals surface area contributed by atoms with E-state index in [-0.39, 0.29) is 23.1 Å². The van der Waals surface area contributed by atoms with Gasteiger partial charge in [0.25, 0.3) is 0 Å². The molecule has 0 radical (unpaired) electrons. The Morgan fingerprint density at radius 1 is 1.12 bits per heavy atom. The molecule has 2 aromatic carbocycles. The maximum absolute atomic E-state index is 12.7. The lowest BCUT2D eigenvalue weighted by molar-refractivity contribution is -0.137. The first-order chi connectivity index (χ1) is 11.8. The molecule has 0 aromatic heterocycles. The second kappa shape index (κ2) is 6.68. The van der Waals surface area contributed by atoms with Crippen LogP contribution in [0.15, 0.2) is 42.5 Å². The quantitative estimate of drug-likeness (QED) is 0.446. The number of alkyl halides is 3. The van der Waals surface area contributed by atoms with E-state index in [1.54, 1.807) is 6.07 Å². The molecule has 0 atom stereocenters. The van der Waals surface area contributed by atoms with E-state index in [2.05, 4.69) is 0 Å². The first kappa shape index (κ1) is 17.2. The first-order valence-electron chi connectivity index (χ1n) is 6.99. The number of esters is 1. The van der Waals surface area contributed by atoms with Crippen LogP contribution in [0.2, 0.25) is 5.02 Å². The highest BCUT2D eigenvalue weighted by atomic mass is 35.5. The van der Waals surface area contributed by atoms with E-state index in [0.29, 0.717) is 11.5 Å². The van der Waals surface area contributed by atoms with Gasteiger partial charge in [0.15, 0.2) is 11.5 Å². The molecule has 0 fully saturated rings. The van der Waals surface area contributed by atoms with Gasteiger partial charge in [-0.2, -0.15) is 13.2 Å². The van der Waals surface area contributed by atoms with Crippen molar-refractivity contribution < 1.29 is 32.2 Å². The number of halogens is 4. The Hall–Kier alpha value is -2.67. The Labute approximate surface area is 145 Å². The Bertz CT molecular complexity index is 846. The van der Waals surface area contributed by atoms with Crippen LogP contribution in [0, 0.1) is 0 Å². The van der Waals surface area contributed by atoms with Gasteiger partial charge < -0.3 is 14.2 Å². The normalized spacial score (nSPS) is 13.3. The molecule has 4 nitrogen and oxygen atoms in total. The molecule has 0 N–H and O–H groups in total. The van der Waals surface area contributed by atoms with Crippen LogP contribution < -0.4 is 14.2 Å². The summed E-state index contributed by atoms with van der Waals surface area (Å²) in [5.41, 5.74) is -0.806. The van der Waals surface area contributed by atoms with Crippen LogP contribution >= 0.6 is 11.6 Å². The van der Waals surface area contributed by atoms with E-state index in [1.807, 2.05) is 0 Å². The minimum absolute atomic E-state index is 0.0547. The van der Waals surface area contributed by atoms with Crippen LogP contribution in [0.25, 0.3) is 6.08 Å². The molecule has 0 bridgehead atoms. The number of carbonyl (C=O) groups is 1. The predicted molar refractivity (Wildman–Crippen MR) is 83.7 cm³/mol. The van der Waals surface area contributed by atoms with Gasteiger partial charge in [-0.15, -0.1) is 0 Å². The fourth-order valence-electron chi connectivity index (χ4n) is 2.10. The smallest absolute Gasteiger partial charge is 0.416 e. The van der Waals surface area contributed by atoms with Crippen LogP contribution in [0.5, 0.6) is 17.2 Å². The topological polar surface area (TPSA) is 44.8 Å². The van der Waals surface area contributed by atoms with E-state index < -0.39 is 17.7 Å². The van der Waals surface area contributed by atoms with Gasteiger partial charge in [-0.1, -0.05) is 11.6 Å². The van der Waals surface area contributed by atoms with Gasteiger partial charge in [0.05, 0.1) is 5.56 Å². The highest BCUT2D eigenvalue weighted by Crippen LogP contribution is 2.35. The predicted octanol–water partition coefficient (Wildman–Crippen LogP) is 4.71. The van der Waals surface area contributed by atoms with Crippen LogP contribution in [0.3, 0.4) is 0 Å². The Morgan fingerprint density at radius 2 is 1.88 bits per heavy atom. The van der Waals surface area contributed by atoms with Gasteiger partial charge in [-0.25, -0.2) is 4.79 Å². The van der Waals surface area contributed by atoms with Gasteiger partial charge in [0.2, 0.25) is 6.79 Å². The summed E-state index contributed by atoms with van der Waals surface area (Å²) >= 11 is 5.85. The van der Waals surface area contributed by atoms with Crippen molar-refractivity contribution in [3.05, 3.63) is 58.6 Å². The molecule has 1 heterocycles. The molecular weight excluding hydrogens is 361 g/mol. The van der Waals surface area contributed by atoms with Crippen molar-refractivity contribution in [3.63, 3.8) is 0 Å². The highest BCUT2D eigenvalue weighted by molar-refractivity contribution is 6.32. The molecule has 2 aromatic rings. The van der Waals surface area contributed by atoms with Gasteiger partial charge in [-0.3, -0.25) is 0 Å². The Morgan fingerprint density at radius 3 is 2.64 bits per heavy atom. The minimum Gasteiger partial charge on any atom is -0.454 e. The maximum atomic E-state index is 12.7. The summed E-state index contributed by atoms with van der Waals surface area (Å²) in [4.78, 5) is 11.8. The summed E-state index contributed by atoms with van der Waals surface area (Å²) < 4.78 is 53.5. The van der Waals surface area contributed by atoms with Gasteiger partial charge in [-0.05, 0) is 42.0 Å². The van der Waals surface area contributed by atoms with Crippen LogP contribution in [-0.2, 0) is 11.0 Å². The molecule has 0 amide bonds. The lowest BCUT2D eigenvalue weighted by atomic mass is 10.1. The zero-order valence-corrected chi connectivity index (χ0v) is 13.2. The van der Waals surface area contributed by atoms with Crippen molar-refractivity contribution in [2.75, 3.05) is 6.79 Å². The molecule has 0 aliphatic carbocycles. The fraction of sp³-hybridized carbons (Fsp3) is 0.118. The zero-order chi connectivity index (χ0) is 18.0. The molecule has 0 unspecified atom stereocenters. The summed E-state index contributed by atoms with van der Waals surface area (Å²) in [7, 11) is 0. The van der Waals surface area contributed by atoms with Crippen molar-refractivity contribution in [1.82, 2.24) is 0 Å². The Kier molecular flexibility index (Phi) is 4.59. The molecule has 1 aliphatic heterocycles. The van der Waals surface area contributed by atoms with Crippen LogP contribution in [0.1, 0.15) is 11.1 Å². The molecular formula is C17H10ClF3O4. The molecule has 130 valence electrons. The van der Waals surface area contributed by atoms with Crippen molar-refractivity contribution in [2.24, 2.45) is 0 Å². The molecule has 3 rings (SSSR count). The van der Waals surface area contributed by atoms with E-state index in [0.717, 1.165) is 30.4 Å². The van der Waals surface area contributed by atoms with Crippen molar-refractivity contribution in [1.29, 1.82) is 0 Å². The fourth-order valence-corrected chi connectivity index (χ4v) is 2.28. The summed E-state index contributed by atoms with van der Waals surface area (Å²) in [6, 6.07) is 7.41. The van der Waals surface area contributed by atoms with Gasteiger partial charge in [0, 0.05) is 17.2 Å². The number of carbonyl (C=O) groups excluding carboxylic acids is 1. The number of rotatable bonds is 3. The first-order valence-corrected chi connectivity index (χ1v) is 7.37. The average Bonchev–Trinajstić information content (AvgIpc) is 3.00. The molecule has 1 aliphatic rings. The molecule has 0 saturated carbocycles. The third-order valence-electron chi connectivity index (χ3n) is 3.28. The lowest BCUT2D eigenvalue weighted by Gasteiger charge is -2.08. The Balaban J connectivity index is 1.72. The number of ether oxygens (including phenoxy) is 3. The van der Waals surface area contributed by atoms with Crippen LogP contribution in [0.4, 0.5) is 13.2 Å². The van der Waals surface area contributed by atoms with Crippen molar-refractivity contribution in [2.45, 2.75) is 6.18 Å². The number of hydrogen-bond acceptors (Lipinski definition) is 4. The number of fused-ring (bicyclic) bond motifs is 1. The molecule has 25 heavy (non-hydrogen) atoms. The summed E-state index contributed by atoms with van der Waals surface area (Å²) in [6.07, 6.45) is -2.35. The summed E-state index contributed by atoms with van der Waals surface area (Å²) in [6.45, 7) is 0.0840. The third-order valence-corrected chi connectivity index (χ3v) is 3.63. The number of benzene rings is 2. The summed E-state index contributed by atoms with van der Waals surface area (Å²) in [5, 5.41) is 0.0835. The zero-order valence-electron chi connectivity index (χ0n) is 12.5. The SMILES string of the molecule is O=C(/C=C/c1cc(C(F)(F)F)ccc1Cl)Oc1ccc2c(c1)OCO2. The molecule has 8 heteroatoms. The van der Waals surface area contributed by atoms with Gasteiger partial charge in [0.1, 0.15) is 5.75 Å². The van der Waals surface area contributed by atoms with Gasteiger partial charge >= 0.3 is 12.1 Å². The summed E-state index contributed by atoms with van der Waals surface area (Å²) in [5.74, 6) is 0.419. The highest BCUT2D eigenvalue weighted by Gasteiger charge is 2.30. The standard InChI is InChI=1S/C17H10ClF3O4/c18-13-4-2-11(17(19,20)21)7-10(13)1-6-16(22)25-12-3-5-14-15(8-12)24-9-23-14/h1-8H,9H2/b6-1+. The molecule has 0 spiro atoms. The van der Waals surface area contributed by atoms with E-state index in [1.165, 1.54) is 12.1 Å². The monoisotopic (exact) mass is 370 g/mol. The molecule has 0 saturated heterocycles. The average molecular weight is 371 g/mol. The lowest BCUT2D eigenvalue weighted by Crippen LogP contribution is -2.05. The van der Waals surface area contributed by atoms with Crippen LogP contribution in [-0.4, -0.2) is 12.8 Å².